The minimum absolute atomic E-state index is 0.449. The van der Waals surface area contributed by atoms with Crippen LogP contribution in [0.4, 0.5) is 11.4 Å². The number of nitrogens with two attached hydrogens (primary N) is 2. The third-order valence-corrected chi connectivity index (χ3v) is 2.96. The molecule has 4 heteroatoms. The third-order valence-electron chi connectivity index (χ3n) is 2.96. The summed E-state index contributed by atoms with van der Waals surface area (Å²) in [4.78, 5) is 13.4. The lowest BCUT2D eigenvalue weighted by atomic mass is 10.1. The van der Waals surface area contributed by atoms with E-state index in [1.165, 1.54) is 0 Å². The molecule has 0 aromatic heterocycles. The lowest BCUT2D eigenvalue weighted by Gasteiger charge is -2.22. The minimum atomic E-state index is -0.449. The number of benzene rings is 2. The zero-order valence-electron chi connectivity index (χ0n) is 10.8. The summed E-state index contributed by atoms with van der Waals surface area (Å²) in [5.74, 6) is -0.449. The van der Waals surface area contributed by atoms with Crippen LogP contribution in [0.2, 0.25) is 0 Å². The monoisotopic (exact) mass is 255 g/mol. The quantitative estimate of drug-likeness (QED) is 0.821. The molecular weight excluding hydrogens is 238 g/mol. The van der Waals surface area contributed by atoms with Gasteiger partial charge in [0, 0.05) is 19.3 Å². The normalized spacial score (nSPS) is 10.2. The number of hydrogen-bond donors (Lipinski definition) is 2. The van der Waals surface area contributed by atoms with Crippen molar-refractivity contribution in [2.24, 2.45) is 5.73 Å². The van der Waals surface area contributed by atoms with Crippen LogP contribution in [0.25, 0.3) is 0 Å². The first-order chi connectivity index (χ1) is 9.08. The minimum Gasteiger partial charge on any atom is -0.399 e. The summed E-state index contributed by atoms with van der Waals surface area (Å²) in [6, 6.07) is 15.1. The van der Waals surface area contributed by atoms with Crippen LogP contribution in [0.15, 0.2) is 48.5 Å². The summed E-state index contributed by atoms with van der Waals surface area (Å²) < 4.78 is 0. The topological polar surface area (TPSA) is 72.3 Å². The van der Waals surface area contributed by atoms with Gasteiger partial charge in [0.1, 0.15) is 0 Å². The fourth-order valence-electron chi connectivity index (χ4n) is 2.02. The molecule has 4 N–H and O–H groups in total. The van der Waals surface area contributed by atoms with E-state index in [0.717, 1.165) is 11.3 Å². The molecule has 0 fully saturated rings. The van der Waals surface area contributed by atoms with Gasteiger partial charge in [0.15, 0.2) is 0 Å². The van der Waals surface area contributed by atoms with Crippen molar-refractivity contribution < 1.29 is 4.79 Å². The van der Waals surface area contributed by atoms with E-state index in [1.54, 1.807) is 18.2 Å². The van der Waals surface area contributed by atoms with Crippen molar-refractivity contribution in [2.75, 3.05) is 17.7 Å². The Morgan fingerprint density at radius 2 is 1.84 bits per heavy atom. The van der Waals surface area contributed by atoms with Crippen molar-refractivity contribution in [1.82, 2.24) is 0 Å². The molecule has 0 aliphatic heterocycles. The van der Waals surface area contributed by atoms with Crippen LogP contribution in [0.1, 0.15) is 15.9 Å². The van der Waals surface area contributed by atoms with E-state index in [1.807, 2.05) is 42.3 Å². The van der Waals surface area contributed by atoms with Gasteiger partial charge < -0.3 is 16.4 Å². The molecule has 0 bridgehead atoms. The summed E-state index contributed by atoms with van der Waals surface area (Å²) in [7, 11) is 1.91. The molecule has 0 heterocycles. The molecule has 0 atom stereocenters. The smallest absolute Gasteiger partial charge is 0.250 e. The fraction of sp³-hybridized carbons (Fsp3) is 0.133. The molecular formula is C15H17N3O. The molecule has 0 saturated heterocycles. The molecule has 0 spiro atoms. The molecule has 2 aromatic rings. The number of rotatable bonds is 4. The maximum atomic E-state index is 11.4. The highest BCUT2D eigenvalue weighted by atomic mass is 16.1. The average molecular weight is 255 g/mol. The molecule has 19 heavy (non-hydrogen) atoms. The van der Waals surface area contributed by atoms with Crippen LogP contribution in [0.3, 0.4) is 0 Å². The molecule has 98 valence electrons. The van der Waals surface area contributed by atoms with E-state index < -0.39 is 5.91 Å². The molecule has 2 rings (SSSR count). The molecule has 0 unspecified atom stereocenters. The predicted molar refractivity (Wildman–Crippen MR) is 77.9 cm³/mol. The largest absolute Gasteiger partial charge is 0.399 e. The SMILES string of the molecule is CN(Cc1ccccc1)c1cc(N)ccc1C(N)=O. The summed E-state index contributed by atoms with van der Waals surface area (Å²) in [5.41, 5.74) is 14.2. The standard InChI is InChI=1S/C15H17N3O/c1-18(10-11-5-3-2-4-6-11)14-9-12(16)7-8-13(14)15(17)19/h2-9H,10,16H2,1H3,(H2,17,19). The van der Waals surface area contributed by atoms with Gasteiger partial charge in [-0.05, 0) is 23.8 Å². The Morgan fingerprint density at radius 1 is 1.16 bits per heavy atom. The van der Waals surface area contributed by atoms with Gasteiger partial charge >= 0.3 is 0 Å². The molecule has 0 aliphatic rings. The fourth-order valence-corrected chi connectivity index (χ4v) is 2.02. The Balaban J connectivity index is 2.30. The lowest BCUT2D eigenvalue weighted by molar-refractivity contribution is 0.100. The van der Waals surface area contributed by atoms with Crippen LogP contribution in [0, 0.1) is 0 Å². The number of nitrogens with zero attached hydrogens (tertiary/aromatic N) is 1. The number of hydrogen-bond acceptors (Lipinski definition) is 3. The number of nitrogen functional groups attached to an aromatic ring is 1. The average Bonchev–Trinajstić information content (AvgIpc) is 2.39. The highest BCUT2D eigenvalue weighted by Crippen LogP contribution is 2.23. The highest BCUT2D eigenvalue weighted by Gasteiger charge is 2.12. The second-order valence-electron chi connectivity index (χ2n) is 4.48. The van der Waals surface area contributed by atoms with E-state index in [0.29, 0.717) is 17.8 Å². The Bertz CT molecular complexity index is 581. The second kappa shape index (κ2) is 5.44. The first kappa shape index (κ1) is 13.0. The van der Waals surface area contributed by atoms with E-state index >= 15 is 0 Å². The maximum absolute atomic E-state index is 11.4. The van der Waals surface area contributed by atoms with Crippen molar-refractivity contribution in [2.45, 2.75) is 6.54 Å². The predicted octanol–water partition coefficient (Wildman–Crippen LogP) is 2.00. The van der Waals surface area contributed by atoms with Crippen molar-refractivity contribution in [1.29, 1.82) is 0 Å². The van der Waals surface area contributed by atoms with Crippen LogP contribution in [-0.4, -0.2) is 13.0 Å². The van der Waals surface area contributed by atoms with Gasteiger partial charge in [-0.25, -0.2) is 0 Å². The second-order valence-corrected chi connectivity index (χ2v) is 4.48. The van der Waals surface area contributed by atoms with Crippen molar-refractivity contribution in [3.05, 3.63) is 59.7 Å². The number of carbonyl (C=O) groups is 1. The van der Waals surface area contributed by atoms with Crippen molar-refractivity contribution in [3.63, 3.8) is 0 Å². The zero-order chi connectivity index (χ0) is 13.8. The number of carbonyl (C=O) groups excluding carboxylic acids is 1. The van der Waals surface area contributed by atoms with Crippen molar-refractivity contribution >= 4 is 17.3 Å². The Hall–Kier alpha value is -2.49. The first-order valence-corrected chi connectivity index (χ1v) is 6.02. The van der Waals surface area contributed by atoms with E-state index in [-0.39, 0.29) is 0 Å². The van der Waals surface area contributed by atoms with Gasteiger partial charge in [0.2, 0.25) is 0 Å². The van der Waals surface area contributed by atoms with Crippen LogP contribution < -0.4 is 16.4 Å². The molecule has 0 radical (unpaired) electrons. The molecule has 2 aromatic carbocycles. The van der Waals surface area contributed by atoms with E-state index in [9.17, 15) is 4.79 Å². The van der Waals surface area contributed by atoms with Crippen LogP contribution >= 0.6 is 0 Å². The first-order valence-electron chi connectivity index (χ1n) is 6.02. The number of amides is 1. The molecule has 0 saturated carbocycles. The van der Waals surface area contributed by atoms with Crippen molar-refractivity contribution in [3.8, 4) is 0 Å². The van der Waals surface area contributed by atoms with E-state index in [4.69, 9.17) is 11.5 Å². The Labute approximate surface area is 112 Å². The highest BCUT2D eigenvalue weighted by molar-refractivity contribution is 5.99. The molecule has 0 aliphatic carbocycles. The van der Waals surface area contributed by atoms with E-state index in [2.05, 4.69) is 0 Å². The Kier molecular flexibility index (Phi) is 3.71. The lowest BCUT2D eigenvalue weighted by Crippen LogP contribution is -2.22. The molecule has 4 nitrogen and oxygen atoms in total. The maximum Gasteiger partial charge on any atom is 0.250 e. The van der Waals surface area contributed by atoms with Gasteiger partial charge in [-0.1, -0.05) is 30.3 Å². The number of primary amides is 1. The summed E-state index contributed by atoms with van der Waals surface area (Å²) in [5, 5.41) is 0. The Morgan fingerprint density at radius 3 is 2.47 bits per heavy atom. The molecule has 1 amide bonds. The van der Waals surface area contributed by atoms with Gasteiger partial charge in [-0.15, -0.1) is 0 Å². The van der Waals surface area contributed by atoms with Gasteiger partial charge in [0.25, 0.3) is 5.91 Å². The summed E-state index contributed by atoms with van der Waals surface area (Å²) >= 11 is 0. The van der Waals surface area contributed by atoms with Crippen LogP contribution in [-0.2, 0) is 6.54 Å². The zero-order valence-corrected chi connectivity index (χ0v) is 10.8. The van der Waals surface area contributed by atoms with Gasteiger partial charge in [-0.2, -0.15) is 0 Å². The summed E-state index contributed by atoms with van der Waals surface area (Å²) in [6.45, 7) is 0.685. The van der Waals surface area contributed by atoms with Gasteiger partial charge in [-0.3, -0.25) is 4.79 Å². The summed E-state index contributed by atoms with van der Waals surface area (Å²) in [6.07, 6.45) is 0. The van der Waals surface area contributed by atoms with Crippen LogP contribution in [0.5, 0.6) is 0 Å². The number of anilines is 2. The third kappa shape index (κ3) is 3.04. The van der Waals surface area contributed by atoms with Gasteiger partial charge in [0.05, 0.1) is 11.3 Å².